The van der Waals surface area contributed by atoms with Gasteiger partial charge in [0.1, 0.15) is 5.76 Å². The highest BCUT2D eigenvalue weighted by Crippen LogP contribution is 2.04. The van der Waals surface area contributed by atoms with E-state index in [1.165, 1.54) is 12.2 Å². The molecule has 0 saturated heterocycles. The molecule has 0 saturated carbocycles. The van der Waals surface area contributed by atoms with Crippen molar-refractivity contribution in [2.45, 2.75) is 13.5 Å². The Labute approximate surface area is 52.6 Å². The fourth-order valence-electron chi connectivity index (χ4n) is 0.337. The third-order valence-electron chi connectivity index (χ3n) is 0.711. The fraction of sp³-hybridized carbons (Fsp3) is 0.333. The van der Waals surface area contributed by atoms with Gasteiger partial charge < -0.3 is 4.74 Å². The number of hydrogen-bond acceptors (Lipinski definition) is 1. The molecule has 0 fully saturated rings. The zero-order chi connectivity index (χ0) is 7.28. The molecule has 0 aliphatic heterocycles. The van der Waals surface area contributed by atoms with Crippen LogP contribution in [-0.2, 0) is 4.74 Å². The lowest BCUT2D eigenvalue weighted by molar-refractivity contribution is -0.0921. The van der Waals surface area contributed by atoms with Crippen molar-refractivity contribution in [2.75, 3.05) is 0 Å². The molecule has 1 nitrogen and oxygen atoms in total. The van der Waals surface area contributed by atoms with E-state index < -0.39 is 6.61 Å². The molecule has 0 radical (unpaired) electrons. The molecule has 0 heterocycles. The van der Waals surface area contributed by atoms with Gasteiger partial charge in [0.25, 0.3) is 0 Å². The Bertz CT molecular complexity index is 118. The minimum atomic E-state index is -2.76. The van der Waals surface area contributed by atoms with E-state index in [2.05, 4.69) is 11.3 Å². The molecule has 0 aliphatic rings. The Morgan fingerprint density at radius 1 is 1.67 bits per heavy atom. The molecule has 0 aromatic heterocycles. The second-order valence-electron chi connectivity index (χ2n) is 1.27. The van der Waals surface area contributed by atoms with Crippen LogP contribution in [0.2, 0.25) is 0 Å². The number of ether oxygens (including phenoxy) is 1. The monoisotopic (exact) mass is 134 g/mol. The SMILES string of the molecule is C=C/C(=C\C)OC(F)F. The maximum atomic E-state index is 11.3. The summed E-state index contributed by atoms with van der Waals surface area (Å²) in [5.74, 6) is 0.102. The van der Waals surface area contributed by atoms with Crippen LogP contribution in [0.15, 0.2) is 24.5 Å². The summed E-state index contributed by atoms with van der Waals surface area (Å²) in [6, 6.07) is 0. The van der Waals surface area contributed by atoms with Crippen LogP contribution in [0.25, 0.3) is 0 Å². The van der Waals surface area contributed by atoms with E-state index in [1.54, 1.807) is 6.92 Å². The Morgan fingerprint density at radius 2 is 2.22 bits per heavy atom. The maximum absolute atomic E-state index is 11.3. The van der Waals surface area contributed by atoms with E-state index in [0.29, 0.717) is 0 Å². The highest BCUT2D eigenvalue weighted by Gasteiger charge is 2.01. The molecule has 0 bridgehead atoms. The maximum Gasteiger partial charge on any atom is 0.387 e. The lowest BCUT2D eigenvalue weighted by Crippen LogP contribution is -1.95. The van der Waals surface area contributed by atoms with Crippen LogP contribution in [0, 0.1) is 0 Å². The normalized spacial score (nSPS) is 11.8. The van der Waals surface area contributed by atoms with Crippen LogP contribution in [0.4, 0.5) is 8.78 Å². The second-order valence-corrected chi connectivity index (χ2v) is 1.27. The standard InChI is InChI=1S/C6H8F2O/c1-3-5(4-2)9-6(7)8/h3-4,6H,1H2,2H3/b5-4+. The number of hydrogen-bond donors (Lipinski definition) is 0. The molecule has 0 amide bonds. The summed E-state index contributed by atoms with van der Waals surface area (Å²) in [4.78, 5) is 0. The molecule has 0 aromatic rings. The summed E-state index contributed by atoms with van der Waals surface area (Å²) in [5, 5.41) is 0. The highest BCUT2D eigenvalue weighted by molar-refractivity contribution is 5.06. The van der Waals surface area contributed by atoms with Crippen molar-refractivity contribution in [3.05, 3.63) is 24.5 Å². The molecule has 0 spiro atoms. The average molecular weight is 134 g/mol. The summed E-state index contributed by atoms with van der Waals surface area (Å²) >= 11 is 0. The van der Waals surface area contributed by atoms with Gasteiger partial charge in [-0.05, 0) is 19.1 Å². The third-order valence-corrected chi connectivity index (χ3v) is 0.711. The minimum absolute atomic E-state index is 0.102. The van der Waals surface area contributed by atoms with Crippen molar-refractivity contribution in [1.82, 2.24) is 0 Å². The first-order valence-corrected chi connectivity index (χ1v) is 2.44. The van der Waals surface area contributed by atoms with E-state index in [9.17, 15) is 8.78 Å². The predicted octanol–water partition coefficient (Wildman–Crippen LogP) is 2.32. The average Bonchev–Trinajstić information content (AvgIpc) is 1.82. The van der Waals surface area contributed by atoms with Crippen molar-refractivity contribution in [2.24, 2.45) is 0 Å². The molecule has 9 heavy (non-hydrogen) atoms. The van der Waals surface area contributed by atoms with Gasteiger partial charge in [-0.25, -0.2) is 0 Å². The Hall–Kier alpha value is -0.860. The molecule has 0 unspecified atom stereocenters. The summed E-state index contributed by atoms with van der Waals surface area (Å²) in [6.07, 6.45) is 2.64. The van der Waals surface area contributed by atoms with E-state index in [0.717, 1.165) is 0 Å². The summed E-state index contributed by atoms with van der Waals surface area (Å²) < 4.78 is 26.7. The van der Waals surface area contributed by atoms with Crippen LogP contribution >= 0.6 is 0 Å². The molecule has 0 rings (SSSR count). The molecule has 0 aliphatic carbocycles. The Kier molecular flexibility index (Phi) is 3.67. The summed E-state index contributed by atoms with van der Waals surface area (Å²) in [5.41, 5.74) is 0. The first kappa shape index (κ1) is 8.14. The van der Waals surface area contributed by atoms with E-state index in [4.69, 9.17) is 0 Å². The first-order chi connectivity index (χ1) is 4.20. The third kappa shape index (κ3) is 3.70. The van der Waals surface area contributed by atoms with Gasteiger partial charge in [-0.15, -0.1) is 0 Å². The zero-order valence-corrected chi connectivity index (χ0v) is 5.10. The molecular weight excluding hydrogens is 126 g/mol. The second kappa shape index (κ2) is 4.06. The highest BCUT2D eigenvalue weighted by atomic mass is 19.3. The van der Waals surface area contributed by atoms with Crippen LogP contribution < -0.4 is 0 Å². The zero-order valence-electron chi connectivity index (χ0n) is 5.10. The topological polar surface area (TPSA) is 9.23 Å². The van der Waals surface area contributed by atoms with E-state index in [-0.39, 0.29) is 5.76 Å². The van der Waals surface area contributed by atoms with Crippen LogP contribution in [0.1, 0.15) is 6.92 Å². The van der Waals surface area contributed by atoms with Crippen LogP contribution in [0.3, 0.4) is 0 Å². The van der Waals surface area contributed by atoms with Gasteiger partial charge in [0.15, 0.2) is 0 Å². The summed E-state index contributed by atoms with van der Waals surface area (Å²) in [6.45, 7) is 2.10. The van der Waals surface area contributed by atoms with Crippen LogP contribution in [-0.4, -0.2) is 6.61 Å². The van der Waals surface area contributed by atoms with Crippen molar-refractivity contribution >= 4 is 0 Å². The predicted molar refractivity (Wildman–Crippen MR) is 31.0 cm³/mol. The quantitative estimate of drug-likeness (QED) is 0.425. The number of allylic oxidation sites excluding steroid dienone is 2. The molecule has 0 atom stereocenters. The molecule has 3 heteroatoms. The molecular formula is C6H8F2O. The van der Waals surface area contributed by atoms with E-state index >= 15 is 0 Å². The molecule has 0 N–H and O–H groups in total. The molecule has 52 valence electrons. The van der Waals surface area contributed by atoms with Gasteiger partial charge >= 0.3 is 6.61 Å². The number of alkyl halides is 2. The number of rotatable bonds is 3. The van der Waals surface area contributed by atoms with Gasteiger partial charge in [-0.2, -0.15) is 8.78 Å². The van der Waals surface area contributed by atoms with Gasteiger partial charge in [0.05, 0.1) is 0 Å². The lowest BCUT2D eigenvalue weighted by Gasteiger charge is -2.01. The van der Waals surface area contributed by atoms with Gasteiger partial charge in [0, 0.05) is 0 Å². The summed E-state index contributed by atoms with van der Waals surface area (Å²) in [7, 11) is 0. The largest absolute Gasteiger partial charge is 0.435 e. The van der Waals surface area contributed by atoms with Crippen molar-refractivity contribution < 1.29 is 13.5 Å². The minimum Gasteiger partial charge on any atom is -0.435 e. The van der Waals surface area contributed by atoms with Crippen molar-refractivity contribution in [3.63, 3.8) is 0 Å². The van der Waals surface area contributed by atoms with Crippen molar-refractivity contribution in [3.8, 4) is 0 Å². The molecule has 0 aromatic carbocycles. The van der Waals surface area contributed by atoms with E-state index in [1.807, 2.05) is 0 Å². The van der Waals surface area contributed by atoms with Gasteiger partial charge in [-0.1, -0.05) is 6.58 Å². The van der Waals surface area contributed by atoms with Crippen LogP contribution in [0.5, 0.6) is 0 Å². The van der Waals surface area contributed by atoms with Gasteiger partial charge in [-0.3, -0.25) is 0 Å². The van der Waals surface area contributed by atoms with Crippen molar-refractivity contribution in [1.29, 1.82) is 0 Å². The smallest absolute Gasteiger partial charge is 0.387 e. The first-order valence-electron chi connectivity index (χ1n) is 2.44. The Balaban J connectivity index is 3.71. The van der Waals surface area contributed by atoms with Gasteiger partial charge in [0.2, 0.25) is 0 Å². The number of halogens is 2. The Morgan fingerprint density at radius 3 is 2.33 bits per heavy atom. The fourth-order valence-corrected chi connectivity index (χ4v) is 0.337. The lowest BCUT2D eigenvalue weighted by atomic mass is 10.5.